The van der Waals surface area contributed by atoms with Crippen LogP contribution >= 0.6 is 0 Å². The third-order valence-corrected chi connectivity index (χ3v) is 7.70. The maximum Gasteiger partial charge on any atom is 0.573 e. The number of rotatable bonds is 8. The van der Waals surface area contributed by atoms with E-state index in [4.69, 9.17) is 0 Å². The minimum absolute atomic E-state index is 0.218. The van der Waals surface area contributed by atoms with Gasteiger partial charge in [-0.25, -0.2) is 4.79 Å². The summed E-state index contributed by atoms with van der Waals surface area (Å²) in [7, 11) is 0. The molecule has 4 nitrogen and oxygen atoms in total. The molecule has 2 fully saturated rings. The smallest absolute Gasteiger partial charge is 0.478 e. The number of benzene rings is 2. The Bertz CT molecular complexity index is 945. The lowest BCUT2D eigenvalue weighted by Gasteiger charge is -2.40. The van der Waals surface area contributed by atoms with Crippen LogP contribution in [-0.4, -0.2) is 28.4 Å². The van der Waals surface area contributed by atoms with Crippen molar-refractivity contribution < 1.29 is 27.8 Å². The Kier molecular flexibility index (Phi) is 8.37. The number of hydrogen-bond acceptors (Lipinski definition) is 3. The van der Waals surface area contributed by atoms with E-state index in [1.807, 2.05) is 12.1 Å². The van der Waals surface area contributed by atoms with Gasteiger partial charge in [0.15, 0.2) is 0 Å². The Balaban J connectivity index is 1.44. The summed E-state index contributed by atoms with van der Waals surface area (Å²) < 4.78 is 41.6. The molecule has 2 aliphatic carbocycles. The Morgan fingerprint density at radius 1 is 0.800 bits per heavy atom. The first-order valence-electron chi connectivity index (χ1n) is 12.7. The first-order valence-corrected chi connectivity index (χ1v) is 12.7. The molecule has 0 unspecified atom stereocenters. The zero-order valence-corrected chi connectivity index (χ0v) is 20.0. The van der Waals surface area contributed by atoms with E-state index in [-0.39, 0.29) is 11.3 Å². The summed E-state index contributed by atoms with van der Waals surface area (Å²) in [5, 5.41) is 9.19. The summed E-state index contributed by atoms with van der Waals surface area (Å²) in [5.74, 6) is 0.505. The van der Waals surface area contributed by atoms with E-state index in [9.17, 15) is 23.1 Å². The second-order valence-corrected chi connectivity index (χ2v) is 10.1. The predicted octanol–water partition coefficient (Wildman–Crippen LogP) is 7.42. The maximum absolute atomic E-state index is 12.5. The number of ether oxygens (including phenoxy) is 1. The molecule has 0 saturated heterocycles. The molecule has 2 aromatic carbocycles. The summed E-state index contributed by atoms with van der Waals surface area (Å²) in [6.07, 6.45) is 6.79. The predicted molar refractivity (Wildman–Crippen MR) is 128 cm³/mol. The van der Waals surface area contributed by atoms with Crippen LogP contribution in [0.4, 0.5) is 13.2 Å². The molecule has 0 aliphatic heterocycles. The van der Waals surface area contributed by atoms with Gasteiger partial charge in [0, 0.05) is 19.1 Å². The topological polar surface area (TPSA) is 49.8 Å². The molecule has 7 heteroatoms. The fourth-order valence-electron chi connectivity index (χ4n) is 5.88. The molecule has 35 heavy (non-hydrogen) atoms. The largest absolute Gasteiger partial charge is 0.573 e. The molecule has 2 aromatic rings. The second kappa shape index (κ2) is 11.5. The lowest BCUT2D eigenvalue weighted by molar-refractivity contribution is -0.274. The number of aromatic carboxylic acids is 1. The third kappa shape index (κ3) is 7.47. The van der Waals surface area contributed by atoms with Crippen LogP contribution < -0.4 is 4.74 Å². The molecule has 0 heterocycles. The van der Waals surface area contributed by atoms with Gasteiger partial charge in [-0.2, -0.15) is 0 Å². The maximum atomic E-state index is 12.5. The van der Waals surface area contributed by atoms with E-state index in [0.717, 1.165) is 35.8 Å². The highest BCUT2D eigenvalue weighted by Crippen LogP contribution is 2.40. The first-order chi connectivity index (χ1) is 16.8. The summed E-state index contributed by atoms with van der Waals surface area (Å²) in [6, 6.07) is 13.4. The van der Waals surface area contributed by atoms with Gasteiger partial charge in [-0.1, -0.05) is 56.4 Å². The fourth-order valence-corrected chi connectivity index (χ4v) is 5.88. The number of alkyl halides is 3. The fraction of sp³-hybridized carbons (Fsp3) is 0.536. The second-order valence-electron chi connectivity index (χ2n) is 10.1. The molecule has 4 rings (SSSR count). The number of carboxylic acid groups (broad SMARTS) is 1. The van der Waals surface area contributed by atoms with Crippen LogP contribution in [0.5, 0.6) is 5.75 Å². The van der Waals surface area contributed by atoms with Crippen LogP contribution in [0.15, 0.2) is 48.5 Å². The van der Waals surface area contributed by atoms with Gasteiger partial charge in [-0.05, 0) is 72.9 Å². The summed E-state index contributed by atoms with van der Waals surface area (Å²) in [6.45, 7) is 1.28. The highest BCUT2D eigenvalue weighted by atomic mass is 19.4. The highest BCUT2D eigenvalue weighted by molar-refractivity contribution is 5.87. The quantitative estimate of drug-likeness (QED) is 0.419. The zero-order valence-electron chi connectivity index (χ0n) is 20.0. The Hall–Kier alpha value is -2.54. The van der Waals surface area contributed by atoms with Crippen molar-refractivity contribution in [2.24, 2.45) is 11.8 Å². The number of carbonyl (C=O) groups is 1. The third-order valence-electron chi connectivity index (χ3n) is 7.70. The monoisotopic (exact) mass is 489 g/mol. The van der Waals surface area contributed by atoms with Crippen molar-refractivity contribution in [1.29, 1.82) is 0 Å². The van der Waals surface area contributed by atoms with E-state index in [0.29, 0.717) is 19.1 Å². The minimum atomic E-state index is -4.70. The molecule has 0 atom stereocenters. The molecular formula is C28H34F3NO3. The Morgan fingerprint density at radius 3 is 1.83 bits per heavy atom. The van der Waals surface area contributed by atoms with Crippen molar-refractivity contribution in [2.75, 3.05) is 0 Å². The van der Waals surface area contributed by atoms with E-state index in [1.54, 1.807) is 24.3 Å². The van der Waals surface area contributed by atoms with E-state index >= 15 is 0 Å². The van der Waals surface area contributed by atoms with Crippen LogP contribution in [0.25, 0.3) is 0 Å². The van der Waals surface area contributed by atoms with Crippen molar-refractivity contribution in [3.05, 3.63) is 65.2 Å². The molecule has 0 amide bonds. The van der Waals surface area contributed by atoms with Crippen LogP contribution in [0.2, 0.25) is 0 Å². The van der Waals surface area contributed by atoms with Gasteiger partial charge in [0.25, 0.3) is 0 Å². The normalized spacial score (nSPS) is 21.7. The van der Waals surface area contributed by atoms with Gasteiger partial charge in [-0.3, -0.25) is 4.90 Å². The molecule has 1 N–H and O–H groups in total. The average Bonchev–Trinajstić information content (AvgIpc) is 2.85. The number of nitrogens with zero attached hydrogens (tertiary/aromatic N) is 1. The van der Waals surface area contributed by atoms with Gasteiger partial charge >= 0.3 is 12.3 Å². The summed E-state index contributed by atoms with van der Waals surface area (Å²) in [5.41, 5.74) is 2.21. The van der Waals surface area contributed by atoms with Gasteiger partial charge in [0.05, 0.1) is 5.56 Å². The lowest BCUT2D eigenvalue weighted by Crippen LogP contribution is -2.38. The van der Waals surface area contributed by atoms with Crippen LogP contribution in [-0.2, 0) is 13.1 Å². The lowest BCUT2D eigenvalue weighted by atomic mass is 9.72. The first kappa shape index (κ1) is 25.5. The number of halogens is 3. The van der Waals surface area contributed by atoms with Gasteiger partial charge < -0.3 is 9.84 Å². The molecule has 0 bridgehead atoms. The zero-order chi connectivity index (χ0) is 24.8. The average molecular weight is 490 g/mol. The standard InChI is InChI=1S/C28H34F3NO3/c29-28(30,31)35-26-16-8-21(9-17-26)19-32(18-20-6-10-24(11-7-20)27(33)34)25-14-12-23(13-15-25)22-4-2-1-3-5-22/h6-11,16-17,22-23,25H,1-5,12-15,18-19H2,(H,33,34)/t23-,25-. The van der Waals surface area contributed by atoms with Crippen LogP contribution in [0.3, 0.4) is 0 Å². The molecule has 2 aliphatic rings. The van der Waals surface area contributed by atoms with Crippen molar-refractivity contribution in [3.8, 4) is 5.75 Å². The number of hydrogen-bond donors (Lipinski definition) is 1. The van der Waals surface area contributed by atoms with Crippen molar-refractivity contribution in [2.45, 2.75) is 83.3 Å². The van der Waals surface area contributed by atoms with Gasteiger partial charge in [0.2, 0.25) is 0 Å². The molecule has 190 valence electrons. The molecular weight excluding hydrogens is 455 g/mol. The van der Waals surface area contributed by atoms with E-state index < -0.39 is 12.3 Å². The molecule has 0 spiro atoms. The van der Waals surface area contributed by atoms with E-state index in [2.05, 4.69) is 9.64 Å². The minimum Gasteiger partial charge on any atom is -0.478 e. The highest BCUT2D eigenvalue weighted by Gasteiger charge is 2.32. The number of carboxylic acids is 1. The van der Waals surface area contributed by atoms with Gasteiger partial charge in [-0.15, -0.1) is 13.2 Å². The van der Waals surface area contributed by atoms with Gasteiger partial charge in [0.1, 0.15) is 5.75 Å². The Morgan fingerprint density at radius 2 is 1.31 bits per heavy atom. The van der Waals surface area contributed by atoms with Crippen molar-refractivity contribution >= 4 is 5.97 Å². The van der Waals surface area contributed by atoms with Crippen LogP contribution in [0.1, 0.15) is 79.3 Å². The van der Waals surface area contributed by atoms with Crippen molar-refractivity contribution in [1.82, 2.24) is 4.90 Å². The molecule has 2 saturated carbocycles. The summed E-state index contributed by atoms with van der Waals surface area (Å²) in [4.78, 5) is 13.6. The SMILES string of the molecule is O=C(O)c1ccc(CN(Cc2ccc(OC(F)(F)F)cc2)[C@H]2CC[C@H](C3CCCCC3)CC2)cc1. The molecule has 0 aromatic heterocycles. The van der Waals surface area contributed by atoms with Crippen LogP contribution in [0, 0.1) is 11.8 Å². The molecule has 0 radical (unpaired) electrons. The Labute approximate surface area is 205 Å². The van der Waals surface area contributed by atoms with E-state index in [1.165, 1.54) is 57.1 Å². The summed E-state index contributed by atoms with van der Waals surface area (Å²) >= 11 is 0. The van der Waals surface area contributed by atoms with Crippen molar-refractivity contribution in [3.63, 3.8) is 0 Å².